The number of benzene rings is 3. The lowest BCUT2D eigenvalue weighted by Crippen LogP contribution is -2.52. The number of fused-ring (bicyclic) bond motifs is 1. The van der Waals surface area contributed by atoms with Crippen LogP contribution in [0, 0.1) is 19.8 Å². The lowest BCUT2D eigenvalue weighted by Gasteiger charge is -2.28. The van der Waals surface area contributed by atoms with Crippen molar-refractivity contribution in [1.29, 1.82) is 0 Å². The van der Waals surface area contributed by atoms with Crippen molar-refractivity contribution >= 4 is 38.7 Å². The smallest absolute Gasteiger partial charge is 0.323 e. The first-order valence-electron chi connectivity index (χ1n) is 16.8. The fourth-order valence-electron chi connectivity index (χ4n) is 5.46. The topological polar surface area (TPSA) is 218 Å². The Morgan fingerprint density at radius 2 is 1.64 bits per heavy atom. The van der Waals surface area contributed by atoms with Crippen LogP contribution in [0.25, 0.3) is 16.6 Å². The fraction of sp³-hybridized carbons (Fsp3) is 0.205. The number of hydrogen-bond donors (Lipinski definition) is 4. The van der Waals surface area contributed by atoms with E-state index in [1.54, 1.807) is 92.5 Å². The van der Waals surface area contributed by atoms with Gasteiger partial charge in [-0.2, -0.15) is 8.42 Å². The average molecular weight is 769 g/mol. The molecular weight excluding hydrogens is 729 g/mol. The summed E-state index contributed by atoms with van der Waals surface area (Å²) < 4.78 is 43.8. The monoisotopic (exact) mass is 768 g/mol. The Labute approximate surface area is 316 Å². The summed E-state index contributed by atoms with van der Waals surface area (Å²) >= 11 is 0. The van der Waals surface area contributed by atoms with Crippen molar-refractivity contribution in [3.63, 3.8) is 0 Å². The highest BCUT2D eigenvalue weighted by Gasteiger charge is 2.36. The second kappa shape index (κ2) is 16.3. The number of carbonyl (C=O) groups is 2. The van der Waals surface area contributed by atoms with Gasteiger partial charge in [0.05, 0.1) is 35.1 Å². The SMILES string of the molecule is COc1ccc2c(Oc3ccc(NC(=O)c4c(C)n(C[C@@H](C)[C@](C)(N)C(=O)O)n(-c5ccccc5)c4=O)nc3)ccnc2c1.Cc1ccc(S(=O)(=O)O)cc1. The number of para-hydroxylation sites is 1. The molecule has 0 fully saturated rings. The Morgan fingerprint density at radius 1 is 0.964 bits per heavy atom. The third-order valence-electron chi connectivity index (χ3n) is 8.99. The summed E-state index contributed by atoms with van der Waals surface area (Å²) in [4.78, 5) is 47.6. The number of nitrogens with zero attached hydrogens (tertiary/aromatic N) is 4. The van der Waals surface area contributed by atoms with Gasteiger partial charge in [-0.25, -0.2) is 9.67 Å². The van der Waals surface area contributed by atoms with Gasteiger partial charge >= 0.3 is 5.97 Å². The fourth-order valence-corrected chi connectivity index (χ4v) is 5.94. The molecule has 0 aliphatic rings. The largest absolute Gasteiger partial charge is 0.497 e. The predicted octanol–water partition coefficient (Wildman–Crippen LogP) is 5.62. The van der Waals surface area contributed by atoms with Crippen LogP contribution in [0.5, 0.6) is 17.2 Å². The van der Waals surface area contributed by atoms with E-state index in [-0.39, 0.29) is 22.8 Å². The summed E-state index contributed by atoms with van der Waals surface area (Å²) in [6.07, 6.45) is 3.09. The highest BCUT2D eigenvalue weighted by atomic mass is 32.2. The molecule has 3 aromatic heterocycles. The van der Waals surface area contributed by atoms with Crippen LogP contribution in [0.15, 0.2) is 113 Å². The van der Waals surface area contributed by atoms with Crippen LogP contribution < -0.4 is 26.1 Å². The van der Waals surface area contributed by atoms with Gasteiger partial charge in [0, 0.05) is 30.1 Å². The van der Waals surface area contributed by atoms with Crippen molar-refractivity contribution < 1.29 is 37.1 Å². The molecule has 15 nitrogen and oxygen atoms in total. The number of aryl methyl sites for hydroxylation is 1. The molecule has 55 heavy (non-hydrogen) atoms. The van der Waals surface area contributed by atoms with Crippen molar-refractivity contribution in [3.05, 3.63) is 131 Å². The number of aromatic nitrogens is 4. The molecule has 0 aliphatic carbocycles. The number of rotatable bonds is 11. The van der Waals surface area contributed by atoms with Crippen LogP contribution in [0.3, 0.4) is 0 Å². The maximum Gasteiger partial charge on any atom is 0.323 e. The van der Waals surface area contributed by atoms with Crippen molar-refractivity contribution in [1.82, 2.24) is 19.3 Å². The normalized spacial score (nSPS) is 12.9. The first-order chi connectivity index (χ1) is 26.0. The quantitative estimate of drug-likeness (QED) is 0.118. The first kappa shape index (κ1) is 39.8. The van der Waals surface area contributed by atoms with Crippen LogP contribution in [0.2, 0.25) is 0 Å². The maximum absolute atomic E-state index is 13.7. The number of pyridine rings is 2. The minimum atomic E-state index is -4.02. The van der Waals surface area contributed by atoms with Gasteiger partial charge in [-0.3, -0.25) is 28.6 Å². The van der Waals surface area contributed by atoms with Crippen LogP contribution in [0.4, 0.5) is 5.82 Å². The van der Waals surface area contributed by atoms with Crippen molar-refractivity contribution in [2.45, 2.75) is 44.7 Å². The van der Waals surface area contributed by atoms with E-state index in [1.165, 1.54) is 29.9 Å². The molecule has 0 saturated carbocycles. The van der Waals surface area contributed by atoms with Gasteiger partial charge in [-0.05, 0) is 75.4 Å². The number of carbonyl (C=O) groups excluding carboxylic acids is 1. The standard InChI is InChI=1S/C32H32N6O6.C7H8O3S/c1-19(32(3,33)31(41)42)18-37-20(2)28(30(40)38(37)21-8-6-5-7-9-21)29(39)36-27-13-11-23(17-35-27)44-26-14-15-34-25-16-22(43-4)10-12-24(25)26;1-6-2-4-7(5-3-6)11(8,9)10/h5-17,19H,18,33H2,1-4H3,(H,41,42)(H,35,36,39);2-5H,1H3,(H,8,9,10)/t19-,32+;/m1./s1. The van der Waals surface area contributed by atoms with Gasteiger partial charge in [0.25, 0.3) is 21.6 Å². The van der Waals surface area contributed by atoms with E-state index in [4.69, 9.17) is 19.8 Å². The molecule has 0 saturated heterocycles. The number of carboxylic acid groups (broad SMARTS) is 1. The lowest BCUT2D eigenvalue weighted by molar-refractivity contribution is -0.144. The first-order valence-corrected chi connectivity index (χ1v) is 18.3. The van der Waals surface area contributed by atoms with E-state index in [0.717, 1.165) is 10.9 Å². The molecule has 286 valence electrons. The minimum Gasteiger partial charge on any atom is -0.497 e. The Bertz CT molecular complexity index is 2500. The third kappa shape index (κ3) is 9.06. The highest BCUT2D eigenvalue weighted by Crippen LogP contribution is 2.31. The van der Waals surface area contributed by atoms with E-state index >= 15 is 0 Å². The Morgan fingerprint density at radius 3 is 2.24 bits per heavy atom. The molecule has 5 N–H and O–H groups in total. The zero-order chi connectivity index (χ0) is 40.1. The van der Waals surface area contributed by atoms with Crippen LogP contribution in [-0.4, -0.2) is 61.9 Å². The van der Waals surface area contributed by atoms with Crippen LogP contribution in [0.1, 0.15) is 35.5 Å². The van der Waals surface area contributed by atoms with Crippen molar-refractivity contribution in [3.8, 4) is 22.9 Å². The minimum absolute atomic E-state index is 0.0666. The van der Waals surface area contributed by atoms with Crippen molar-refractivity contribution in [2.75, 3.05) is 12.4 Å². The van der Waals surface area contributed by atoms with Crippen LogP contribution >= 0.6 is 0 Å². The van der Waals surface area contributed by atoms with Gasteiger partial charge in [-0.1, -0.05) is 42.8 Å². The molecule has 3 aromatic carbocycles. The van der Waals surface area contributed by atoms with Gasteiger partial charge in [0.1, 0.15) is 34.2 Å². The molecule has 6 rings (SSSR count). The molecular formula is C39H40N6O9S. The molecule has 0 unspecified atom stereocenters. The predicted molar refractivity (Wildman–Crippen MR) is 206 cm³/mol. The second-order valence-corrected chi connectivity index (χ2v) is 14.3. The van der Waals surface area contributed by atoms with E-state index in [0.29, 0.717) is 34.1 Å². The maximum atomic E-state index is 13.7. The molecule has 0 bridgehead atoms. The third-order valence-corrected chi connectivity index (χ3v) is 9.86. The number of nitrogens with two attached hydrogens (primary N) is 1. The Kier molecular flexibility index (Phi) is 11.8. The van der Waals surface area contributed by atoms with Gasteiger partial charge < -0.3 is 25.6 Å². The molecule has 1 amide bonds. The zero-order valence-corrected chi connectivity index (χ0v) is 31.4. The lowest BCUT2D eigenvalue weighted by atomic mass is 9.88. The highest BCUT2D eigenvalue weighted by molar-refractivity contribution is 7.85. The number of amides is 1. The van der Waals surface area contributed by atoms with Gasteiger partial charge in [0.15, 0.2) is 0 Å². The summed E-state index contributed by atoms with van der Waals surface area (Å²) in [6.45, 7) is 6.66. The number of aliphatic carboxylic acids is 1. The molecule has 0 spiro atoms. The molecule has 6 aromatic rings. The van der Waals surface area contributed by atoms with Crippen molar-refractivity contribution in [2.24, 2.45) is 11.7 Å². The molecule has 2 atom stereocenters. The molecule has 16 heteroatoms. The number of methoxy groups -OCH3 is 1. The number of carboxylic acids is 1. The number of ether oxygens (including phenoxy) is 2. The number of hydrogen-bond acceptors (Lipinski definition) is 10. The van der Waals surface area contributed by atoms with Crippen LogP contribution in [-0.2, 0) is 21.5 Å². The van der Waals surface area contributed by atoms with E-state index in [9.17, 15) is 27.9 Å². The zero-order valence-electron chi connectivity index (χ0n) is 30.6. The number of nitrogens with one attached hydrogen (secondary N) is 1. The molecule has 3 heterocycles. The van der Waals surface area contributed by atoms with E-state index in [1.807, 2.05) is 25.1 Å². The van der Waals surface area contributed by atoms with E-state index in [2.05, 4.69) is 15.3 Å². The Hall–Kier alpha value is -6.36. The Balaban J connectivity index is 0.000000454. The second-order valence-electron chi connectivity index (χ2n) is 12.9. The summed E-state index contributed by atoms with van der Waals surface area (Å²) in [7, 11) is -2.43. The summed E-state index contributed by atoms with van der Waals surface area (Å²) in [5, 5.41) is 13.1. The molecule has 0 aliphatic heterocycles. The summed E-state index contributed by atoms with van der Waals surface area (Å²) in [5.41, 5.74) is 6.39. The van der Waals surface area contributed by atoms with Gasteiger partial charge in [-0.15, -0.1) is 0 Å². The van der Waals surface area contributed by atoms with E-state index < -0.39 is 39.0 Å². The van der Waals surface area contributed by atoms with Gasteiger partial charge in [0.2, 0.25) is 0 Å². The summed E-state index contributed by atoms with van der Waals surface area (Å²) in [5.74, 6) is -0.538. The molecule has 0 radical (unpaired) electrons. The average Bonchev–Trinajstić information content (AvgIpc) is 3.40. The number of anilines is 1. The summed E-state index contributed by atoms with van der Waals surface area (Å²) in [6, 6.07) is 25.2.